The molecule has 0 aliphatic heterocycles. The molecule has 22 heavy (non-hydrogen) atoms. The summed E-state index contributed by atoms with van der Waals surface area (Å²) < 4.78 is 0. The number of aromatic nitrogens is 3. The van der Waals surface area contributed by atoms with E-state index in [2.05, 4.69) is 15.4 Å². The van der Waals surface area contributed by atoms with Crippen molar-refractivity contribution < 1.29 is 9.59 Å². The van der Waals surface area contributed by atoms with Gasteiger partial charge in [0.2, 0.25) is 0 Å². The number of fused-ring (bicyclic) bond motifs is 1. The van der Waals surface area contributed by atoms with Gasteiger partial charge >= 0.3 is 0 Å². The summed E-state index contributed by atoms with van der Waals surface area (Å²) in [4.78, 5) is 23.0. The number of hydrogen-bond acceptors (Lipinski definition) is 8. The average molecular weight is 298 g/mol. The summed E-state index contributed by atoms with van der Waals surface area (Å²) in [6.07, 6.45) is 1.39. The lowest BCUT2D eigenvalue weighted by atomic mass is 9.90. The molecule has 6 N–H and O–H groups in total. The third-order valence-corrected chi connectivity index (χ3v) is 3.00. The van der Waals surface area contributed by atoms with Crippen molar-refractivity contribution in [1.29, 1.82) is 0 Å². The van der Waals surface area contributed by atoms with E-state index >= 15 is 0 Å². The smallest absolute Gasteiger partial charge is 0.189 e. The molecule has 0 bridgehead atoms. The third-order valence-electron chi connectivity index (χ3n) is 3.00. The average Bonchev–Trinajstić information content (AvgIpc) is 2.51. The minimum atomic E-state index is -0.0762. The highest BCUT2D eigenvalue weighted by molar-refractivity contribution is 6.24. The molecule has 112 valence electrons. The standard InChI is InChI=1S/C11H8O2.C3H6N6/c1-7-6-10(12)8-4-2-3-5-9(8)11(7)13;4-1-2(5)7-9-8-3(1)6/h2-6H,1H3;(H2,4,9)(H4,5,6,7,8). The molecule has 1 aromatic heterocycles. The highest BCUT2D eigenvalue weighted by Crippen LogP contribution is 2.20. The molecule has 1 aromatic carbocycles. The van der Waals surface area contributed by atoms with E-state index in [0.717, 1.165) is 0 Å². The van der Waals surface area contributed by atoms with Crippen molar-refractivity contribution >= 4 is 28.9 Å². The number of benzene rings is 1. The Balaban J connectivity index is 0.000000172. The Hall–Kier alpha value is -3.29. The van der Waals surface area contributed by atoms with Crippen molar-refractivity contribution in [2.75, 3.05) is 17.2 Å². The van der Waals surface area contributed by atoms with E-state index in [0.29, 0.717) is 16.7 Å². The SMILES string of the molecule is CC1=CC(=O)c2ccccc2C1=O.Nc1nnnc(N)c1N. The first-order chi connectivity index (χ1) is 10.4. The molecule has 0 saturated carbocycles. The Labute approximate surface area is 126 Å². The van der Waals surface area contributed by atoms with Crippen molar-refractivity contribution in [3.05, 3.63) is 47.0 Å². The van der Waals surface area contributed by atoms with Gasteiger partial charge < -0.3 is 17.2 Å². The first kappa shape index (κ1) is 15.1. The molecule has 1 heterocycles. The van der Waals surface area contributed by atoms with Crippen molar-refractivity contribution in [3.63, 3.8) is 0 Å². The lowest BCUT2D eigenvalue weighted by Gasteiger charge is -2.11. The van der Waals surface area contributed by atoms with Gasteiger partial charge in [-0.15, -0.1) is 10.2 Å². The molecule has 0 atom stereocenters. The van der Waals surface area contributed by atoms with Gasteiger partial charge in [-0.3, -0.25) is 9.59 Å². The first-order valence-corrected chi connectivity index (χ1v) is 6.28. The number of hydrogen-bond donors (Lipinski definition) is 3. The van der Waals surface area contributed by atoms with E-state index < -0.39 is 0 Å². The van der Waals surface area contributed by atoms with E-state index in [-0.39, 0.29) is 28.9 Å². The molecule has 0 unspecified atom stereocenters. The Morgan fingerprint density at radius 1 is 0.909 bits per heavy atom. The molecule has 1 aliphatic carbocycles. The predicted octanol–water partition coefficient (Wildman–Crippen LogP) is 0.630. The summed E-state index contributed by atoms with van der Waals surface area (Å²) in [6, 6.07) is 6.89. The number of nitrogen functional groups attached to an aromatic ring is 3. The summed E-state index contributed by atoms with van der Waals surface area (Å²) in [6.45, 7) is 1.66. The molecule has 0 spiro atoms. The van der Waals surface area contributed by atoms with Gasteiger partial charge in [-0.2, -0.15) is 0 Å². The molecule has 0 fully saturated rings. The number of nitrogens with zero attached hydrogens (tertiary/aromatic N) is 3. The second-order valence-electron chi connectivity index (χ2n) is 4.54. The van der Waals surface area contributed by atoms with E-state index in [1.807, 2.05) is 0 Å². The normalized spacial score (nSPS) is 12.9. The second kappa shape index (κ2) is 6.00. The number of carbonyl (C=O) groups excluding carboxylic acids is 2. The number of Topliss-reactive ketones (excluding diaryl/α,β-unsaturated/α-hetero) is 1. The van der Waals surface area contributed by atoms with Crippen LogP contribution < -0.4 is 17.2 Å². The Morgan fingerprint density at radius 2 is 1.45 bits per heavy atom. The Bertz CT molecular complexity index is 764. The zero-order valence-electron chi connectivity index (χ0n) is 11.8. The lowest BCUT2D eigenvalue weighted by molar-refractivity contribution is 0.0984. The molecule has 1 aliphatic rings. The van der Waals surface area contributed by atoms with Gasteiger partial charge in [0.05, 0.1) is 0 Å². The van der Waals surface area contributed by atoms with Gasteiger partial charge in [-0.25, -0.2) is 0 Å². The molecule has 3 rings (SSSR count). The zero-order valence-corrected chi connectivity index (χ0v) is 11.8. The van der Waals surface area contributed by atoms with Crippen LogP contribution in [0.5, 0.6) is 0 Å². The maximum atomic E-state index is 11.5. The number of anilines is 3. The van der Waals surface area contributed by atoms with Crippen LogP contribution in [0, 0.1) is 0 Å². The van der Waals surface area contributed by atoms with Crippen LogP contribution in [0.3, 0.4) is 0 Å². The quantitative estimate of drug-likeness (QED) is 0.640. The fourth-order valence-electron chi connectivity index (χ4n) is 1.81. The molecule has 8 heteroatoms. The number of allylic oxidation sites excluding steroid dienone is 2. The number of rotatable bonds is 0. The molecule has 0 saturated heterocycles. The number of carbonyl (C=O) groups is 2. The minimum Gasteiger partial charge on any atom is -0.393 e. The van der Waals surface area contributed by atoms with Crippen LogP contribution in [0.1, 0.15) is 27.6 Å². The van der Waals surface area contributed by atoms with Crippen LogP contribution in [-0.4, -0.2) is 27.0 Å². The van der Waals surface area contributed by atoms with Crippen LogP contribution >= 0.6 is 0 Å². The van der Waals surface area contributed by atoms with E-state index in [1.165, 1.54) is 6.08 Å². The maximum Gasteiger partial charge on any atom is 0.189 e. The van der Waals surface area contributed by atoms with Crippen LogP contribution in [0.4, 0.5) is 17.3 Å². The van der Waals surface area contributed by atoms with Gasteiger partial charge in [-0.1, -0.05) is 24.3 Å². The van der Waals surface area contributed by atoms with Gasteiger partial charge in [0.25, 0.3) is 0 Å². The highest BCUT2D eigenvalue weighted by atomic mass is 16.1. The highest BCUT2D eigenvalue weighted by Gasteiger charge is 2.21. The summed E-state index contributed by atoms with van der Waals surface area (Å²) >= 11 is 0. The van der Waals surface area contributed by atoms with E-state index in [4.69, 9.17) is 17.2 Å². The number of ketones is 2. The van der Waals surface area contributed by atoms with Crippen molar-refractivity contribution in [1.82, 2.24) is 15.4 Å². The van der Waals surface area contributed by atoms with E-state index in [9.17, 15) is 9.59 Å². The fraction of sp³-hybridized carbons (Fsp3) is 0.0714. The maximum absolute atomic E-state index is 11.5. The minimum absolute atomic E-state index is 0.0461. The first-order valence-electron chi connectivity index (χ1n) is 6.28. The fourth-order valence-corrected chi connectivity index (χ4v) is 1.81. The van der Waals surface area contributed by atoms with Crippen LogP contribution in [-0.2, 0) is 0 Å². The van der Waals surface area contributed by atoms with Crippen LogP contribution in [0.2, 0.25) is 0 Å². The van der Waals surface area contributed by atoms with Gasteiger partial charge in [0.15, 0.2) is 23.2 Å². The molecular weight excluding hydrogens is 284 g/mol. The summed E-state index contributed by atoms with van der Waals surface area (Å²) in [5, 5.41) is 9.92. The van der Waals surface area contributed by atoms with Gasteiger partial charge in [0.1, 0.15) is 5.69 Å². The second-order valence-corrected chi connectivity index (χ2v) is 4.54. The summed E-state index contributed by atoms with van der Waals surface area (Å²) in [5.41, 5.74) is 17.4. The molecule has 8 nitrogen and oxygen atoms in total. The van der Waals surface area contributed by atoms with E-state index in [1.54, 1.807) is 31.2 Å². The van der Waals surface area contributed by atoms with Gasteiger partial charge in [-0.05, 0) is 18.2 Å². The number of nitrogens with two attached hydrogens (primary N) is 3. The third kappa shape index (κ3) is 2.90. The van der Waals surface area contributed by atoms with Crippen LogP contribution in [0.15, 0.2) is 35.9 Å². The predicted molar refractivity (Wildman–Crippen MR) is 81.9 cm³/mol. The van der Waals surface area contributed by atoms with Gasteiger partial charge in [0, 0.05) is 16.7 Å². The van der Waals surface area contributed by atoms with Crippen molar-refractivity contribution in [3.8, 4) is 0 Å². The Kier molecular flexibility index (Phi) is 4.12. The van der Waals surface area contributed by atoms with Crippen LogP contribution in [0.25, 0.3) is 0 Å². The lowest BCUT2D eigenvalue weighted by Crippen LogP contribution is -2.14. The molecule has 2 aromatic rings. The zero-order chi connectivity index (χ0) is 16.3. The monoisotopic (exact) mass is 298 g/mol. The molecule has 0 amide bonds. The molecular formula is C14H14N6O2. The largest absolute Gasteiger partial charge is 0.393 e. The summed E-state index contributed by atoms with van der Waals surface area (Å²) in [7, 11) is 0. The van der Waals surface area contributed by atoms with Crippen molar-refractivity contribution in [2.24, 2.45) is 0 Å². The molecule has 0 radical (unpaired) electrons. The van der Waals surface area contributed by atoms with Crippen molar-refractivity contribution in [2.45, 2.75) is 6.92 Å². The topological polar surface area (TPSA) is 151 Å². The Morgan fingerprint density at radius 3 is 2.00 bits per heavy atom. The summed E-state index contributed by atoms with van der Waals surface area (Å²) in [5.74, 6) is 0.105.